The molecule has 6 nitrogen and oxygen atoms in total. The number of H-pyrrole nitrogens is 1. The van der Waals surface area contributed by atoms with Crippen molar-refractivity contribution in [3.8, 4) is 0 Å². The smallest absolute Gasteiger partial charge is 0.246 e. The highest BCUT2D eigenvalue weighted by Gasteiger charge is 2.23. The fourth-order valence-corrected chi connectivity index (χ4v) is 3.80. The molecule has 132 valence electrons. The Balaban J connectivity index is 1.96. The summed E-state index contributed by atoms with van der Waals surface area (Å²) in [6.07, 6.45) is 1.17. The fourth-order valence-electron chi connectivity index (χ4n) is 3.13. The number of anilines is 1. The number of carbonyl (C=O) groups is 1. The zero-order valence-corrected chi connectivity index (χ0v) is 15.1. The molecule has 2 aromatic carbocycles. The van der Waals surface area contributed by atoms with Crippen molar-refractivity contribution in [3.05, 3.63) is 59.3 Å². The van der Waals surface area contributed by atoms with Crippen molar-refractivity contribution in [1.82, 2.24) is 4.98 Å². The third-order valence-corrected chi connectivity index (χ3v) is 5.48. The first-order valence-electron chi connectivity index (χ1n) is 8.10. The largest absolute Gasteiger partial charge is 0.351 e. The topological polar surface area (TPSA) is 91.4 Å². The molecule has 0 atom stereocenters. The van der Waals surface area contributed by atoms with Crippen LogP contribution in [-0.4, -0.2) is 37.8 Å². The second kappa shape index (κ2) is 5.81. The average Bonchev–Trinajstić information content (AvgIpc) is 2.83. The van der Waals surface area contributed by atoms with Gasteiger partial charge in [0.25, 0.3) is 0 Å². The van der Waals surface area contributed by atoms with Crippen molar-refractivity contribution in [1.29, 1.82) is 0 Å². The number of nitrogens with one attached hydrogen (secondary N) is 2. The normalized spacial score (nSPS) is 14.5. The van der Waals surface area contributed by atoms with Gasteiger partial charge in [0.2, 0.25) is 5.91 Å². The number of aromatic amines is 1. The lowest BCUT2D eigenvalue weighted by Crippen LogP contribution is -2.13. The van der Waals surface area contributed by atoms with E-state index >= 15 is 0 Å². The molecule has 3 aromatic rings. The van der Waals surface area contributed by atoms with E-state index in [-0.39, 0.29) is 17.3 Å². The molecule has 0 bridgehead atoms. The summed E-state index contributed by atoms with van der Waals surface area (Å²) in [6, 6.07) is 12.6. The third kappa shape index (κ3) is 2.80. The van der Waals surface area contributed by atoms with Gasteiger partial charge in [-0.2, -0.15) is 0 Å². The molecule has 7 heteroatoms. The number of aryl methyl sites for hydroxylation is 1. The highest BCUT2D eigenvalue weighted by atomic mass is 32.2. The minimum absolute atomic E-state index is 0.0196. The molecule has 0 saturated heterocycles. The van der Waals surface area contributed by atoms with Gasteiger partial charge < -0.3 is 10.3 Å². The van der Waals surface area contributed by atoms with Gasteiger partial charge in [0.05, 0.1) is 22.0 Å². The van der Waals surface area contributed by atoms with E-state index in [2.05, 4.69) is 15.3 Å². The van der Waals surface area contributed by atoms with Gasteiger partial charge >= 0.3 is 0 Å². The zero-order chi connectivity index (χ0) is 18.5. The molecule has 2 heterocycles. The molecular weight excluding hydrogens is 350 g/mol. The molecule has 0 aliphatic carbocycles. The van der Waals surface area contributed by atoms with Crippen LogP contribution in [-0.2, 0) is 14.6 Å². The summed E-state index contributed by atoms with van der Waals surface area (Å²) >= 11 is 0. The van der Waals surface area contributed by atoms with Crippen LogP contribution in [0.25, 0.3) is 10.9 Å². The highest BCUT2D eigenvalue weighted by molar-refractivity contribution is 7.90. The van der Waals surface area contributed by atoms with E-state index in [1.807, 2.05) is 25.1 Å². The van der Waals surface area contributed by atoms with Gasteiger partial charge in [0.1, 0.15) is 6.54 Å². The first-order chi connectivity index (χ1) is 12.3. The van der Waals surface area contributed by atoms with E-state index < -0.39 is 9.84 Å². The molecule has 0 saturated carbocycles. The molecule has 0 spiro atoms. The van der Waals surface area contributed by atoms with E-state index in [1.54, 1.807) is 24.3 Å². The van der Waals surface area contributed by atoms with Crippen LogP contribution in [0.2, 0.25) is 0 Å². The molecule has 1 aliphatic heterocycles. The molecular formula is C19H17N3O3S. The van der Waals surface area contributed by atoms with Crippen LogP contribution in [0.5, 0.6) is 0 Å². The summed E-state index contributed by atoms with van der Waals surface area (Å²) in [5, 5.41) is 3.82. The lowest BCUT2D eigenvalue weighted by atomic mass is 10.1. The zero-order valence-electron chi connectivity index (χ0n) is 14.3. The minimum Gasteiger partial charge on any atom is -0.351 e. The van der Waals surface area contributed by atoms with Gasteiger partial charge in [-0.1, -0.05) is 23.8 Å². The maximum atomic E-state index is 12.1. The summed E-state index contributed by atoms with van der Waals surface area (Å²) in [5.41, 5.74) is 4.54. The fraction of sp³-hybridized carbons (Fsp3) is 0.158. The lowest BCUT2D eigenvalue weighted by molar-refractivity contribution is -0.114. The van der Waals surface area contributed by atoms with Crippen molar-refractivity contribution in [2.24, 2.45) is 4.99 Å². The van der Waals surface area contributed by atoms with Crippen molar-refractivity contribution >= 4 is 38.0 Å². The summed E-state index contributed by atoms with van der Waals surface area (Å²) < 4.78 is 23.8. The monoisotopic (exact) mass is 367 g/mol. The first kappa shape index (κ1) is 16.5. The molecule has 26 heavy (non-hydrogen) atoms. The molecule has 1 aliphatic rings. The second-order valence-electron chi connectivity index (χ2n) is 6.44. The maximum absolute atomic E-state index is 12.1. The molecule has 1 aromatic heterocycles. The maximum Gasteiger partial charge on any atom is 0.246 e. The molecule has 1 amide bonds. The van der Waals surface area contributed by atoms with Crippen molar-refractivity contribution in [2.75, 3.05) is 18.1 Å². The Labute approximate surface area is 150 Å². The predicted octanol–water partition coefficient (Wildman–Crippen LogP) is 2.67. The van der Waals surface area contributed by atoms with Gasteiger partial charge in [0, 0.05) is 22.7 Å². The van der Waals surface area contributed by atoms with E-state index in [9.17, 15) is 13.2 Å². The Morgan fingerprint density at radius 1 is 1.12 bits per heavy atom. The molecule has 0 fully saturated rings. The molecule has 0 radical (unpaired) electrons. The molecule has 4 rings (SSSR count). The van der Waals surface area contributed by atoms with Gasteiger partial charge in [-0.25, -0.2) is 8.42 Å². The van der Waals surface area contributed by atoms with E-state index in [0.717, 1.165) is 16.5 Å². The Hall–Kier alpha value is -2.93. The van der Waals surface area contributed by atoms with Gasteiger partial charge in [-0.15, -0.1) is 0 Å². The summed E-state index contributed by atoms with van der Waals surface area (Å²) in [7, 11) is -3.34. The SMILES string of the molecule is Cc1ccc2[nH]c3c(c2c1)NC(=O)CN=C3c1cccc(S(C)(=O)=O)c1. The second-order valence-corrected chi connectivity index (χ2v) is 8.45. The quantitative estimate of drug-likeness (QED) is 0.729. The number of aliphatic imine (C=N–C) groups is 1. The average molecular weight is 367 g/mol. The highest BCUT2D eigenvalue weighted by Crippen LogP contribution is 2.32. The Bertz CT molecular complexity index is 1190. The number of benzene rings is 2. The van der Waals surface area contributed by atoms with Crippen LogP contribution < -0.4 is 5.32 Å². The van der Waals surface area contributed by atoms with Crippen LogP contribution in [0, 0.1) is 6.92 Å². The summed E-state index contributed by atoms with van der Waals surface area (Å²) in [6.45, 7) is 1.97. The number of rotatable bonds is 2. The molecule has 2 N–H and O–H groups in total. The van der Waals surface area contributed by atoms with Crippen molar-refractivity contribution in [3.63, 3.8) is 0 Å². The minimum atomic E-state index is -3.34. The number of nitrogens with zero attached hydrogens (tertiary/aromatic N) is 1. The van der Waals surface area contributed by atoms with Crippen LogP contribution in [0.4, 0.5) is 5.69 Å². The van der Waals surface area contributed by atoms with E-state index in [0.29, 0.717) is 22.7 Å². The van der Waals surface area contributed by atoms with Gasteiger partial charge in [0.15, 0.2) is 9.84 Å². The first-order valence-corrected chi connectivity index (χ1v) is 9.99. The van der Waals surface area contributed by atoms with Crippen LogP contribution >= 0.6 is 0 Å². The standard InChI is InChI=1S/C19H17N3O3S/c1-11-6-7-15-14(8-11)18-19(21-15)17(20-10-16(23)22-18)12-4-3-5-13(9-12)26(2,24)25/h3-9,21H,10H2,1-2H3,(H,22,23). The van der Waals surface area contributed by atoms with Crippen LogP contribution in [0.15, 0.2) is 52.4 Å². The Kier molecular flexibility index (Phi) is 3.69. The number of carbonyl (C=O) groups excluding carboxylic acids is 1. The number of aromatic nitrogens is 1. The number of amides is 1. The van der Waals surface area contributed by atoms with Gasteiger partial charge in [-0.05, 0) is 31.2 Å². The van der Waals surface area contributed by atoms with E-state index in [1.165, 1.54) is 6.26 Å². The van der Waals surface area contributed by atoms with E-state index in [4.69, 9.17) is 0 Å². The summed E-state index contributed by atoms with van der Waals surface area (Å²) in [5.74, 6) is -0.206. The number of hydrogen-bond acceptors (Lipinski definition) is 4. The number of sulfone groups is 1. The predicted molar refractivity (Wildman–Crippen MR) is 102 cm³/mol. The van der Waals surface area contributed by atoms with Crippen LogP contribution in [0.3, 0.4) is 0 Å². The van der Waals surface area contributed by atoms with Gasteiger partial charge in [-0.3, -0.25) is 9.79 Å². The van der Waals surface area contributed by atoms with Crippen molar-refractivity contribution < 1.29 is 13.2 Å². The summed E-state index contributed by atoms with van der Waals surface area (Å²) in [4.78, 5) is 20.1. The number of fused-ring (bicyclic) bond motifs is 3. The van der Waals surface area contributed by atoms with Crippen molar-refractivity contribution in [2.45, 2.75) is 11.8 Å². The third-order valence-electron chi connectivity index (χ3n) is 4.37. The Morgan fingerprint density at radius 3 is 2.69 bits per heavy atom. The number of hydrogen-bond donors (Lipinski definition) is 2. The Morgan fingerprint density at radius 2 is 1.92 bits per heavy atom. The molecule has 0 unspecified atom stereocenters. The lowest BCUT2D eigenvalue weighted by Gasteiger charge is -2.07. The van der Waals surface area contributed by atoms with Crippen LogP contribution in [0.1, 0.15) is 16.8 Å².